The highest BCUT2D eigenvalue weighted by Crippen LogP contribution is 2.26. The van der Waals surface area contributed by atoms with E-state index < -0.39 is 0 Å². The fourth-order valence-electron chi connectivity index (χ4n) is 2.27. The first-order chi connectivity index (χ1) is 7.75. The molecule has 0 aliphatic rings. The van der Waals surface area contributed by atoms with Crippen molar-refractivity contribution in [2.75, 3.05) is 0 Å². The molecular formula is C14H12N2. The second-order valence-corrected chi connectivity index (χ2v) is 4.08. The van der Waals surface area contributed by atoms with Crippen LogP contribution >= 0.6 is 0 Å². The van der Waals surface area contributed by atoms with Crippen molar-refractivity contribution in [1.29, 1.82) is 0 Å². The van der Waals surface area contributed by atoms with Gasteiger partial charge in [0.15, 0.2) is 0 Å². The quantitative estimate of drug-likeness (QED) is 0.529. The summed E-state index contributed by atoms with van der Waals surface area (Å²) in [6.07, 6.45) is 1.82. The van der Waals surface area contributed by atoms with E-state index in [2.05, 4.69) is 41.2 Å². The molecule has 0 radical (unpaired) electrons. The Morgan fingerprint density at radius 1 is 1.06 bits per heavy atom. The summed E-state index contributed by atoms with van der Waals surface area (Å²) in [6.45, 7) is 4.08. The van der Waals surface area contributed by atoms with E-state index in [4.69, 9.17) is 0 Å². The van der Waals surface area contributed by atoms with Crippen molar-refractivity contribution in [3.8, 4) is 0 Å². The molecule has 0 bridgehead atoms. The molecule has 0 saturated heterocycles. The Bertz CT molecular complexity index is 687. The maximum absolute atomic E-state index is 4.52. The monoisotopic (exact) mass is 208 g/mol. The molecule has 16 heavy (non-hydrogen) atoms. The lowest BCUT2D eigenvalue weighted by Gasteiger charge is -2.06. The lowest BCUT2D eigenvalue weighted by Crippen LogP contribution is -1.90. The van der Waals surface area contributed by atoms with Gasteiger partial charge in [0.2, 0.25) is 0 Å². The molecule has 2 nitrogen and oxygen atoms in total. The number of pyridine rings is 2. The van der Waals surface area contributed by atoms with Crippen LogP contribution < -0.4 is 0 Å². The average Bonchev–Trinajstić information content (AvgIpc) is 2.28. The Morgan fingerprint density at radius 3 is 2.81 bits per heavy atom. The average molecular weight is 208 g/mol. The normalized spacial score (nSPS) is 11.1. The van der Waals surface area contributed by atoms with Crippen molar-refractivity contribution in [2.24, 2.45) is 0 Å². The molecule has 0 saturated carbocycles. The van der Waals surface area contributed by atoms with Crippen molar-refractivity contribution >= 4 is 21.7 Å². The number of benzene rings is 1. The van der Waals surface area contributed by atoms with E-state index in [1.165, 1.54) is 16.2 Å². The van der Waals surface area contributed by atoms with Crippen LogP contribution in [0.5, 0.6) is 0 Å². The maximum atomic E-state index is 4.52. The van der Waals surface area contributed by atoms with E-state index in [0.29, 0.717) is 0 Å². The summed E-state index contributed by atoms with van der Waals surface area (Å²) in [4.78, 5) is 8.89. The fourth-order valence-corrected chi connectivity index (χ4v) is 2.27. The number of rotatable bonds is 0. The largest absolute Gasteiger partial charge is 0.258 e. The first kappa shape index (κ1) is 9.28. The van der Waals surface area contributed by atoms with Gasteiger partial charge in [0, 0.05) is 28.4 Å². The Labute approximate surface area is 94.0 Å². The van der Waals surface area contributed by atoms with Crippen LogP contribution in [0, 0.1) is 13.8 Å². The van der Waals surface area contributed by atoms with E-state index in [1.54, 1.807) is 0 Å². The molecule has 0 aliphatic heterocycles. The number of fused-ring (bicyclic) bond motifs is 3. The van der Waals surface area contributed by atoms with Crippen molar-refractivity contribution < 1.29 is 0 Å². The van der Waals surface area contributed by atoms with Crippen LogP contribution in [0.15, 0.2) is 36.5 Å². The highest BCUT2D eigenvalue weighted by molar-refractivity contribution is 6.07. The molecule has 0 N–H and O–H groups in total. The van der Waals surface area contributed by atoms with Crippen LogP contribution in [0.4, 0.5) is 0 Å². The standard InChI is InChI=1S/C14H12N2/c1-9-8-11-5-6-13-12(4-3-7-15-13)14(11)10(2)16-9/h3-8H,1-2H3. The van der Waals surface area contributed by atoms with Gasteiger partial charge in [0.25, 0.3) is 0 Å². The lowest BCUT2D eigenvalue weighted by molar-refractivity contribution is 1.15. The molecule has 0 fully saturated rings. The van der Waals surface area contributed by atoms with E-state index in [9.17, 15) is 0 Å². The Morgan fingerprint density at radius 2 is 1.94 bits per heavy atom. The predicted octanol–water partition coefficient (Wildman–Crippen LogP) is 3.40. The van der Waals surface area contributed by atoms with Crippen LogP contribution in [-0.2, 0) is 0 Å². The molecule has 1 aromatic carbocycles. The SMILES string of the molecule is Cc1cc2ccc3ncccc3c2c(C)n1. The van der Waals surface area contributed by atoms with Gasteiger partial charge < -0.3 is 0 Å². The lowest BCUT2D eigenvalue weighted by atomic mass is 10.0. The number of aryl methyl sites for hydroxylation is 2. The van der Waals surface area contributed by atoms with E-state index in [-0.39, 0.29) is 0 Å². The summed E-state index contributed by atoms with van der Waals surface area (Å²) in [5.74, 6) is 0. The molecule has 2 heteroatoms. The van der Waals surface area contributed by atoms with Crippen LogP contribution in [0.2, 0.25) is 0 Å². The number of hydrogen-bond donors (Lipinski definition) is 0. The number of nitrogens with zero attached hydrogens (tertiary/aromatic N) is 2. The number of aromatic nitrogens is 2. The maximum Gasteiger partial charge on any atom is 0.0709 e. The summed E-state index contributed by atoms with van der Waals surface area (Å²) in [5, 5.41) is 3.65. The Hall–Kier alpha value is -1.96. The molecule has 0 unspecified atom stereocenters. The molecule has 0 atom stereocenters. The van der Waals surface area contributed by atoms with Gasteiger partial charge in [-0.05, 0) is 37.4 Å². The summed E-state index contributed by atoms with van der Waals surface area (Å²) < 4.78 is 0. The zero-order valence-electron chi connectivity index (χ0n) is 9.36. The van der Waals surface area contributed by atoms with Crippen molar-refractivity contribution in [3.05, 3.63) is 47.9 Å². The summed E-state index contributed by atoms with van der Waals surface area (Å²) in [7, 11) is 0. The molecule has 2 heterocycles. The highest BCUT2D eigenvalue weighted by Gasteiger charge is 2.05. The zero-order chi connectivity index (χ0) is 11.1. The minimum Gasteiger partial charge on any atom is -0.258 e. The first-order valence-electron chi connectivity index (χ1n) is 5.37. The topological polar surface area (TPSA) is 25.8 Å². The second kappa shape index (κ2) is 3.27. The fraction of sp³-hybridized carbons (Fsp3) is 0.143. The van der Waals surface area contributed by atoms with Gasteiger partial charge in [-0.3, -0.25) is 9.97 Å². The van der Waals surface area contributed by atoms with E-state index in [0.717, 1.165) is 16.9 Å². The molecule has 0 amide bonds. The smallest absolute Gasteiger partial charge is 0.0709 e. The minimum absolute atomic E-state index is 1.03. The van der Waals surface area contributed by atoms with Crippen molar-refractivity contribution in [3.63, 3.8) is 0 Å². The van der Waals surface area contributed by atoms with Gasteiger partial charge in [0.05, 0.1) is 5.52 Å². The highest BCUT2D eigenvalue weighted by atomic mass is 14.7. The van der Waals surface area contributed by atoms with Crippen LogP contribution in [0.1, 0.15) is 11.4 Å². The van der Waals surface area contributed by atoms with Gasteiger partial charge in [-0.15, -0.1) is 0 Å². The third kappa shape index (κ3) is 1.27. The van der Waals surface area contributed by atoms with Gasteiger partial charge in [-0.25, -0.2) is 0 Å². The molecule has 3 rings (SSSR count). The van der Waals surface area contributed by atoms with Crippen molar-refractivity contribution in [1.82, 2.24) is 9.97 Å². The summed E-state index contributed by atoms with van der Waals surface area (Å²) in [5.41, 5.74) is 3.17. The van der Waals surface area contributed by atoms with Gasteiger partial charge in [0.1, 0.15) is 0 Å². The van der Waals surface area contributed by atoms with E-state index in [1.807, 2.05) is 19.2 Å². The predicted molar refractivity (Wildman–Crippen MR) is 66.5 cm³/mol. The molecule has 78 valence electrons. The third-order valence-corrected chi connectivity index (χ3v) is 2.89. The van der Waals surface area contributed by atoms with Gasteiger partial charge in [-0.2, -0.15) is 0 Å². The van der Waals surface area contributed by atoms with Crippen LogP contribution in [0.25, 0.3) is 21.7 Å². The summed E-state index contributed by atoms with van der Waals surface area (Å²) in [6, 6.07) is 10.4. The van der Waals surface area contributed by atoms with Crippen molar-refractivity contribution in [2.45, 2.75) is 13.8 Å². The molecule has 2 aromatic heterocycles. The summed E-state index contributed by atoms with van der Waals surface area (Å²) >= 11 is 0. The van der Waals surface area contributed by atoms with Crippen LogP contribution in [-0.4, -0.2) is 9.97 Å². The van der Waals surface area contributed by atoms with Gasteiger partial charge >= 0.3 is 0 Å². The molecule has 0 spiro atoms. The molecular weight excluding hydrogens is 196 g/mol. The Kier molecular flexibility index (Phi) is 1.90. The van der Waals surface area contributed by atoms with Crippen LogP contribution in [0.3, 0.4) is 0 Å². The number of hydrogen-bond acceptors (Lipinski definition) is 2. The van der Waals surface area contributed by atoms with E-state index >= 15 is 0 Å². The molecule has 0 aliphatic carbocycles. The first-order valence-corrected chi connectivity index (χ1v) is 5.37. The third-order valence-electron chi connectivity index (χ3n) is 2.89. The zero-order valence-corrected chi connectivity index (χ0v) is 9.36. The Balaban J connectivity index is 2.60. The van der Waals surface area contributed by atoms with Gasteiger partial charge in [-0.1, -0.05) is 12.1 Å². The molecule has 3 aromatic rings. The second-order valence-electron chi connectivity index (χ2n) is 4.08. The minimum atomic E-state index is 1.03.